The average molecular weight is 299 g/mol. The number of rotatable bonds is 4. The van der Waals surface area contributed by atoms with Crippen LogP contribution in [0.5, 0.6) is 0 Å². The number of aromatic amines is 1. The fourth-order valence-corrected chi connectivity index (χ4v) is 3.97. The highest BCUT2D eigenvalue weighted by Gasteiger charge is 2.30. The van der Waals surface area contributed by atoms with Crippen LogP contribution in [-0.2, 0) is 6.42 Å². The largest absolute Gasteiger partial charge is 0.306 e. The number of benzene rings is 1. The molecular formula is C19H29N3. The maximum absolute atomic E-state index is 4.61. The Labute approximate surface area is 134 Å². The highest BCUT2D eigenvalue weighted by atomic mass is 15.1. The summed E-state index contributed by atoms with van der Waals surface area (Å²) in [5, 5.41) is 9.32. The quantitative estimate of drug-likeness (QED) is 0.917. The first-order valence-electron chi connectivity index (χ1n) is 8.74. The Kier molecular flexibility index (Phi) is 4.53. The summed E-state index contributed by atoms with van der Waals surface area (Å²) in [6.07, 6.45) is 3.60. The first kappa shape index (κ1) is 15.5. The van der Waals surface area contributed by atoms with Crippen molar-refractivity contribution in [2.24, 2.45) is 11.8 Å². The summed E-state index contributed by atoms with van der Waals surface area (Å²) in [4.78, 5) is 2.46. The summed E-state index contributed by atoms with van der Waals surface area (Å²) in [6.45, 7) is 9.24. The van der Waals surface area contributed by atoms with Crippen LogP contribution in [0.1, 0.15) is 50.8 Å². The lowest BCUT2D eigenvalue weighted by molar-refractivity contribution is 0.178. The van der Waals surface area contributed by atoms with Gasteiger partial charge in [-0.05, 0) is 49.9 Å². The summed E-state index contributed by atoms with van der Waals surface area (Å²) >= 11 is 0. The second kappa shape index (κ2) is 6.41. The van der Waals surface area contributed by atoms with Gasteiger partial charge in [-0.2, -0.15) is 5.10 Å². The summed E-state index contributed by atoms with van der Waals surface area (Å²) < 4.78 is 0. The zero-order valence-corrected chi connectivity index (χ0v) is 14.4. The summed E-state index contributed by atoms with van der Waals surface area (Å²) in [5.74, 6) is 2.05. The van der Waals surface area contributed by atoms with Crippen molar-refractivity contribution in [1.29, 1.82) is 0 Å². The molecular weight excluding hydrogens is 270 g/mol. The molecule has 1 N–H and O–H groups in total. The maximum Gasteiger partial charge on any atom is 0.0926 e. The first-order chi connectivity index (χ1) is 10.6. The number of likely N-dealkylation sites (tertiary alicyclic amines) is 1. The van der Waals surface area contributed by atoms with Gasteiger partial charge in [0.25, 0.3) is 0 Å². The highest BCUT2D eigenvalue weighted by Crippen LogP contribution is 2.36. The van der Waals surface area contributed by atoms with Crippen molar-refractivity contribution in [3.8, 4) is 0 Å². The zero-order valence-electron chi connectivity index (χ0n) is 14.4. The number of fused-ring (bicyclic) bond motifs is 1. The van der Waals surface area contributed by atoms with Crippen molar-refractivity contribution in [3.63, 3.8) is 0 Å². The molecule has 1 aromatic heterocycles. The molecule has 3 nitrogen and oxygen atoms in total. The van der Waals surface area contributed by atoms with E-state index in [2.05, 4.69) is 61.1 Å². The Balaban J connectivity index is 1.91. The lowest BCUT2D eigenvalue weighted by atomic mass is 9.80. The van der Waals surface area contributed by atoms with Gasteiger partial charge < -0.3 is 4.90 Å². The third-order valence-electron chi connectivity index (χ3n) is 5.13. The summed E-state index contributed by atoms with van der Waals surface area (Å²) in [6, 6.07) is 6.85. The summed E-state index contributed by atoms with van der Waals surface area (Å²) in [7, 11) is 2.24. The molecule has 0 unspecified atom stereocenters. The number of nitrogens with one attached hydrogen (secondary N) is 1. The van der Waals surface area contributed by atoms with Crippen LogP contribution in [0.4, 0.5) is 0 Å². The lowest BCUT2D eigenvalue weighted by Gasteiger charge is -2.36. The predicted octanol–water partition coefficient (Wildman–Crippen LogP) is 4.21. The van der Waals surface area contributed by atoms with Gasteiger partial charge in [-0.3, -0.25) is 5.10 Å². The van der Waals surface area contributed by atoms with Gasteiger partial charge in [-0.15, -0.1) is 0 Å². The van der Waals surface area contributed by atoms with Crippen molar-refractivity contribution >= 4 is 10.9 Å². The van der Waals surface area contributed by atoms with Gasteiger partial charge in [0.2, 0.25) is 0 Å². The minimum Gasteiger partial charge on any atom is -0.306 e. The van der Waals surface area contributed by atoms with Crippen molar-refractivity contribution in [3.05, 3.63) is 29.5 Å². The minimum atomic E-state index is 0.627. The van der Waals surface area contributed by atoms with Crippen LogP contribution in [0.2, 0.25) is 0 Å². The number of aromatic nitrogens is 2. The van der Waals surface area contributed by atoms with Crippen LogP contribution in [0.3, 0.4) is 0 Å². The molecule has 120 valence electrons. The molecule has 1 saturated heterocycles. The highest BCUT2D eigenvalue weighted by molar-refractivity contribution is 5.82. The van der Waals surface area contributed by atoms with Gasteiger partial charge >= 0.3 is 0 Å². The molecule has 0 bridgehead atoms. The van der Waals surface area contributed by atoms with Crippen molar-refractivity contribution < 1.29 is 0 Å². The average Bonchev–Trinajstić information content (AvgIpc) is 2.89. The third-order valence-corrected chi connectivity index (χ3v) is 5.13. The molecule has 0 saturated carbocycles. The molecule has 1 aromatic carbocycles. The van der Waals surface area contributed by atoms with Gasteiger partial charge in [0, 0.05) is 23.5 Å². The van der Waals surface area contributed by atoms with E-state index in [-0.39, 0.29) is 0 Å². The molecule has 3 rings (SSSR count). The van der Waals surface area contributed by atoms with Crippen molar-refractivity contribution in [2.45, 2.75) is 46.0 Å². The Morgan fingerprint density at radius 3 is 2.91 bits per heavy atom. The Bertz CT molecular complexity index is 629. The fourth-order valence-electron chi connectivity index (χ4n) is 3.97. The van der Waals surface area contributed by atoms with E-state index in [4.69, 9.17) is 0 Å². The number of nitrogens with zero attached hydrogens (tertiary/aromatic N) is 2. The second-order valence-corrected chi connectivity index (χ2v) is 7.41. The Morgan fingerprint density at radius 1 is 1.36 bits per heavy atom. The third kappa shape index (κ3) is 3.05. The van der Waals surface area contributed by atoms with Gasteiger partial charge in [0.1, 0.15) is 0 Å². The summed E-state index contributed by atoms with van der Waals surface area (Å²) in [5.41, 5.74) is 3.91. The first-order valence-corrected chi connectivity index (χ1v) is 8.74. The van der Waals surface area contributed by atoms with Gasteiger partial charge in [-0.1, -0.05) is 39.3 Å². The monoisotopic (exact) mass is 299 g/mol. The Hall–Kier alpha value is -1.35. The van der Waals surface area contributed by atoms with Crippen molar-refractivity contribution in [2.75, 3.05) is 20.1 Å². The molecule has 2 atom stereocenters. The predicted molar refractivity (Wildman–Crippen MR) is 93.3 cm³/mol. The number of hydrogen-bond acceptors (Lipinski definition) is 2. The molecule has 3 heteroatoms. The minimum absolute atomic E-state index is 0.627. The molecule has 1 fully saturated rings. The van der Waals surface area contributed by atoms with Gasteiger partial charge in [0.05, 0.1) is 5.52 Å². The van der Waals surface area contributed by atoms with E-state index in [9.17, 15) is 0 Å². The molecule has 0 radical (unpaired) electrons. The van der Waals surface area contributed by atoms with E-state index >= 15 is 0 Å². The number of piperidine rings is 1. The number of hydrogen-bond donors (Lipinski definition) is 1. The number of H-pyrrole nitrogens is 1. The van der Waals surface area contributed by atoms with E-state index in [0.717, 1.165) is 17.9 Å². The molecule has 2 aromatic rings. The topological polar surface area (TPSA) is 31.9 Å². The van der Waals surface area contributed by atoms with Crippen LogP contribution < -0.4 is 0 Å². The fraction of sp³-hybridized carbons (Fsp3) is 0.632. The molecule has 0 spiro atoms. The molecule has 0 amide bonds. The molecule has 1 aliphatic heterocycles. The van der Waals surface area contributed by atoms with E-state index in [1.165, 1.54) is 42.6 Å². The SMILES string of the molecule is CC[C@H]1CN(C)CC[C@@H]1c1[nH]nc2cc(CC(C)C)ccc12. The van der Waals surface area contributed by atoms with Crippen LogP contribution in [0, 0.1) is 11.8 Å². The molecule has 0 aliphatic carbocycles. The lowest BCUT2D eigenvalue weighted by Crippen LogP contribution is -2.36. The van der Waals surface area contributed by atoms with Gasteiger partial charge in [-0.25, -0.2) is 0 Å². The van der Waals surface area contributed by atoms with Crippen LogP contribution in [-0.4, -0.2) is 35.2 Å². The van der Waals surface area contributed by atoms with Crippen LogP contribution in [0.15, 0.2) is 18.2 Å². The van der Waals surface area contributed by atoms with Crippen molar-refractivity contribution in [1.82, 2.24) is 15.1 Å². The molecule has 22 heavy (non-hydrogen) atoms. The standard InChI is InChI=1S/C19H29N3/c1-5-15-12-22(4)9-8-16(15)19-17-7-6-14(10-13(2)3)11-18(17)20-21-19/h6-7,11,13,15-16H,5,8-10,12H2,1-4H3,(H,20,21)/t15-,16-/m0/s1. The van der Waals surface area contributed by atoms with Crippen LogP contribution >= 0.6 is 0 Å². The normalized spacial score (nSPS) is 23.5. The second-order valence-electron chi connectivity index (χ2n) is 7.41. The zero-order chi connectivity index (χ0) is 15.7. The van der Waals surface area contributed by atoms with E-state index < -0.39 is 0 Å². The Morgan fingerprint density at radius 2 is 2.18 bits per heavy atom. The molecule has 2 heterocycles. The van der Waals surface area contributed by atoms with E-state index in [1.807, 2.05) is 0 Å². The van der Waals surface area contributed by atoms with Gasteiger partial charge in [0.15, 0.2) is 0 Å². The maximum atomic E-state index is 4.61. The van der Waals surface area contributed by atoms with E-state index in [0.29, 0.717) is 11.8 Å². The molecule has 1 aliphatic rings. The van der Waals surface area contributed by atoms with Crippen LogP contribution in [0.25, 0.3) is 10.9 Å². The van der Waals surface area contributed by atoms with E-state index in [1.54, 1.807) is 0 Å². The smallest absolute Gasteiger partial charge is 0.0926 e.